The smallest absolute Gasteiger partial charge is 0.313 e. The zero-order valence-electron chi connectivity index (χ0n) is 8.75. The average Bonchev–Trinajstić information content (AvgIpc) is 2.57. The van der Waals surface area contributed by atoms with Gasteiger partial charge < -0.3 is 4.74 Å². The summed E-state index contributed by atoms with van der Waals surface area (Å²) in [6.07, 6.45) is 7.78. The zero-order chi connectivity index (χ0) is 9.97. The minimum absolute atomic E-state index is 0.0110. The summed E-state index contributed by atoms with van der Waals surface area (Å²) in [5.74, 6) is 0.0723. The van der Waals surface area contributed by atoms with Gasteiger partial charge in [0.25, 0.3) is 0 Å². The zero-order valence-corrected chi connectivity index (χ0v) is 8.75. The van der Waals surface area contributed by atoms with E-state index in [1.54, 1.807) is 0 Å². The third-order valence-corrected chi connectivity index (χ3v) is 4.86. The summed E-state index contributed by atoms with van der Waals surface area (Å²) in [5.41, 5.74) is 0.434. The normalized spacial score (nSPS) is 53.7. The van der Waals surface area contributed by atoms with Gasteiger partial charge in [-0.1, -0.05) is 26.0 Å². The Bertz CT molecular complexity index is 333. The van der Waals surface area contributed by atoms with Crippen molar-refractivity contribution in [2.45, 2.75) is 39.2 Å². The van der Waals surface area contributed by atoms with Gasteiger partial charge in [-0.15, -0.1) is 0 Å². The Kier molecular flexibility index (Phi) is 1.36. The molecule has 76 valence electrons. The molecule has 1 aliphatic heterocycles. The third-order valence-electron chi connectivity index (χ3n) is 4.86. The Morgan fingerprint density at radius 3 is 3.14 bits per heavy atom. The number of hydrogen-bond donors (Lipinski definition) is 0. The maximum absolute atomic E-state index is 11.6. The van der Waals surface area contributed by atoms with Crippen LogP contribution < -0.4 is 0 Å². The van der Waals surface area contributed by atoms with E-state index < -0.39 is 0 Å². The third kappa shape index (κ3) is 0.626. The van der Waals surface area contributed by atoms with E-state index in [1.807, 2.05) is 0 Å². The number of allylic oxidation sites excluding steroid dienone is 1. The van der Waals surface area contributed by atoms with Gasteiger partial charge in [0, 0.05) is 10.8 Å². The van der Waals surface area contributed by atoms with E-state index in [0.29, 0.717) is 0 Å². The molecular weight excluding hydrogens is 176 g/mol. The molecule has 0 aromatic carbocycles. The molecule has 2 nitrogen and oxygen atoms in total. The summed E-state index contributed by atoms with van der Waals surface area (Å²) in [6, 6.07) is 0. The first-order valence-electron chi connectivity index (χ1n) is 5.54. The van der Waals surface area contributed by atoms with Crippen molar-refractivity contribution in [3.63, 3.8) is 0 Å². The molecule has 0 N–H and O–H groups in total. The van der Waals surface area contributed by atoms with Crippen LogP contribution in [0.25, 0.3) is 0 Å². The Morgan fingerprint density at radius 2 is 2.43 bits per heavy atom. The molecular formula is C12H16O2. The van der Waals surface area contributed by atoms with Gasteiger partial charge in [-0.3, -0.25) is 4.79 Å². The lowest BCUT2D eigenvalue weighted by Crippen LogP contribution is -2.28. The van der Waals surface area contributed by atoms with E-state index in [9.17, 15) is 4.79 Å². The topological polar surface area (TPSA) is 26.3 Å². The van der Waals surface area contributed by atoms with Crippen LogP contribution in [0.2, 0.25) is 0 Å². The first kappa shape index (κ1) is 8.51. The van der Waals surface area contributed by atoms with Crippen LogP contribution in [-0.2, 0) is 9.53 Å². The largest absolute Gasteiger partial charge is 0.461 e. The SMILES string of the molecule is CCC1(C)C2OC(=O)C3C=CCCC321. The lowest BCUT2D eigenvalue weighted by atomic mass is 9.75. The van der Waals surface area contributed by atoms with Crippen molar-refractivity contribution in [3.05, 3.63) is 12.2 Å². The molecule has 2 heteroatoms. The van der Waals surface area contributed by atoms with E-state index >= 15 is 0 Å². The van der Waals surface area contributed by atoms with Crippen LogP contribution in [0.4, 0.5) is 0 Å². The van der Waals surface area contributed by atoms with Gasteiger partial charge in [0.05, 0.1) is 5.92 Å². The summed E-state index contributed by atoms with van der Waals surface area (Å²) >= 11 is 0. The summed E-state index contributed by atoms with van der Waals surface area (Å²) in [7, 11) is 0. The second kappa shape index (κ2) is 2.23. The molecule has 0 aromatic rings. The van der Waals surface area contributed by atoms with Crippen LogP contribution in [0.3, 0.4) is 0 Å². The molecule has 4 atom stereocenters. The number of hydrogen-bond acceptors (Lipinski definition) is 2. The van der Waals surface area contributed by atoms with Gasteiger partial charge in [-0.05, 0) is 19.3 Å². The highest BCUT2D eigenvalue weighted by molar-refractivity contribution is 5.81. The highest BCUT2D eigenvalue weighted by atomic mass is 16.6. The fourth-order valence-corrected chi connectivity index (χ4v) is 3.79. The van der Waals surface area contributed by atoms with Crippen LogP contribution in [0, 0.1) is 16.7 Å². The van der Waals surface area contributed by atoms with Gasteiger partial charge in [0.2, 0.25) is 0 Å². The molecule has 4 unspecified atom stereocenters. The molecule has 2 fully saturated rings. The minimum Gasteiger partial charge on any atom is -0.461 e. The quantitative estimate of drug-likeness (QED) is 0.470. The van der Waals surface area contributed by atoms with E-state index in [-0.39, 0.29) is 28.8 Å². The Hall–Kier alpha value is -0.790. The van der Waals surface area contributed by atoms with Gasteiger partial charge in [-0.2, -0.15) is 0 Å². The van der Waals surface area contributed by atoms with E-state index in [0.717, 1.165) is 19.3 Å². The van der Waals surface area contributed by atoms with Crippen LogP contribution in [-0.4, -0.2) is 12.1 Å². The number of carbonyl (C=O) groups excluding carboxylic acids is 1. The van der Waals surface area contributed by atoms with Crippen LogP contribution in [0.1, 0.15) is 33.1 Å². The lowest BCUT2D eigenvalue weighted by molar-refractivity contribution is -0.146. The molecule has 1 saturated carbocycles. The van der Waals surface area contributed by atoms with Crippen molar-refractivity contribution in [1.29, 1.82) is 0 Å². The molecule has 1 saturated heterocycles. The summed E-state index contributed by atoms with van der Waals surface area (Å²) < 4.78 is 5.49. The Morgan fingerprint density at radius 1 is 1.64 bits per heavy atom. The van der Waals surface area contributed by atoms with Gasteiger partial charge in [0.1, 0.15) is 6.10 Å². The maximum Gasteiger partial charge on any atom is 0.313 e. The van der Waals surface area contributed by atoms with Crippen LogP contribution in [0.5, 0.6) is 0 Å². The van der Waals surface area contributed by atoms with Crippen molar-refractivity contribution in [3.8, 4) is 0 Å². The van der Waals surface area contributed by atoms with Crippen molar-refractivity contribution in [2.75, 3.05) is 0 Å². The minimum atomic E-state index is 0.0110. The summed E-state index contributed by atoms with van der Waals surface area (Å²) in [6.45, 7) is 4.48. The molecule has 14 heavy (non-hydrogen) atoms. The molecule has 3 rings (SSSR count). The monoisotopic (exact) mass is 192 g/mol. The predicted molar refractivity (Wildman–Crippen MR) is 52.6 cm³/mol. The first-order chi connectivity index (χ1) is 6.67. The number of carbonyl (C=O) groups is 1. The lowest BCUT2D eigenvalue weighted by Gasteiger charge is -2.26. The molecule has 3 aliphatic rings. The number of esters is 1. The molecule has 1 heterocycles. The van der Waals surface area contributed by atoms with E-state index in [1.165, 1.54) is 0 Å². The highest BCUT2D eigenvalue weighted by Crippen LogP contribution is 2.77. The second-order valence-electron chi connectivity index (χ2n) is 5.07. The molecule has 0 bridgehead atoms. The second-order valence-corrected chi connectivity index (χ2v) is 5.07. The number of ether oxygens (including phenoxy) is 1. The van der Waals surface area contributed by atoms with Crippen molar-refractivity contribution < 1.29 is 9.53 Å². The fourth-order valence-electron chi connectivity index (χ4n) is 3.79. The standard InChI is InChI=1S/C12H16O2/c1-3-11(2)10-12(11)7-5-4-6-8(12)9(13)14-10/h4,6,8,10H,3,5,7H2,1-2H3. The van der Waals surface area contributed by atoms with Gasteiger partial charge >= 0.3 is 5.97 Å². The Labute approximate surface area is 84.3 Å². The van der Waals surface area contributed by atoms with Crippen molar-refractivity contribution in [2.24, 2.45) is 16.7 Å². The van der Waals surface area contributed by atoms with Gasteiger partial charge in [0.15, 0.2) is 0 Å². The predicted octanol–water partition coefficient (Wildman–Crippen LogP) is 2.29. The first-order valence-corrected chi connectivity index (χ1v) is 5.54. The molecule has 0 radical (unpaired) electrons. The van der Waals surface area contributed by atoms with Crippen molar-refractivity contribution in [1.82, 2.24) is 0 Å². The van der Waals surface area contributed by atoms with E-state index in [4.69, 9.17) is 4.74 Å². The Balaban J connectivity index is 2.05. The molecule has 2 aliphatic carbocycles. The number of rotatable bonds is 1. The molecule has 1 spiro atoms. The van der Waals surface area contributed by atoms with Crippen molar-refractivity contribution >= 4 is 5.97 Å². The summed E-state index contributed by atoms with van der Waals surface area (Å²) in [4.78, 5) is 11.6. The molecule has 0 aromatic heterocycles. The summed E-state index contributed by atoms with van der Waals surface area (Å²) in [5, 5.41) is 0. The molecule has 0 amide bonds. The fraction of sp³-hybridized carbons (Fsp3) is 0.750. The highest BCUT2D eigenvalue weighted by Gasteiger charge is 2.82. The van der Waals surface area contributed by atoms with Crippen LogP contribution in [0.15, 0.2) is 12.2 Å². The van der Waals surface area contributed by atoms with E-state index in [2.05, 4.69) is 26.0 Å². The maximum atomic E-state index is 11.6. The average molecular weight is 192 g/mol. The van der Waals surface area contributed by atoms with Crippen LogP contribution >= 0.6 is 0 Å². The van der Waals surface area contributed by atoms with Gasteiger partial charge in [-0.25, -0.2) is 0 Å².